The van der Waals surface area contributed by atoms with Crippen LogP contribution >= 0.6 is 0 Å². The molecule has 3 rings (SSSR count). The van der Waals surface area contributed by atoms with Gasteiger partial charge >= 0.3 is 5.97 Å². The molecule has 0 saturated carbocycles. The molecule has 0 bridgehead atoms. The van der Waals surface area contributed by atoms with Gasteiger partial charge in [-0.1, -0.05) is 0 Å². The van der Waals surface area contributed by atoms with E-state index >= 15 is 0 Å². The maximum absolute atomic E-state index is 12.8. The molecular formula is C20H23N5O4. The minimum absolute atomic E-state index is 0.0608. The summed E-state index contributed by atoms with van der Waals surface area (Å²) in [5.74, 6) is -0.190. The number of anilines is 2. The summed E-state index contributed by atoms with van der Waals surface area (Å²) >= 11 is 0. The second kappa shape index (κ2) is 9.13. The molecule has 2 amide bonds. The zero-order valence-corrected chi connectivity index (χ0v) is 16.4. The summed E-state index contributed by atoms with van der Waals surface area (Å²) in [5.41, 5.74) is 0.931. The molecular weight excluding hydrogens is 374 g/mol. The highest BCUT2D eigenvalue weighted by atomic mass is 16.5. The van der Waals surface area contributed by atoms with Gasteiger partial charge in [-0.05, 0) is 30.3 Å². The standard InChI is InChI=1S/C20H23N5O4/c1-15(26)25(17-6-4-16(5-7-17)19(28)29-2)14-18(27)23-10-12-24(13-11-23)20-21-8-3-9-22-20/h3-9H,10-14H2,1-2H3. The van der Waals surface area contributed by atoms with Crippen molar-refractivity contribution in [3.05, 3.63) is 48.3 Å². The maximum Gasteiger partial charge on any atom is 0.337 e. The number of benzene rings is 1. The number of hydrogen-bond donors (Lipinski definition) is 0. The number of rotatable bonds is 5. The first-order valence-corrected chi connectivity index (χ1v) is 9.26. The summed E-state index contributed by atoms with van der Waals surface area (Å²) in [7, 11) is 1.31. The minimum atomic E-state index is -0.456. The quantitative estimate of drug-likeness (QED) is 0.694. The molecule has 152 valence electrons. The fraction of sp³-hybridized carbons (Fsp3) is 0.350. The van der Waals surface area contributed by atoms with Crippen LogP contribution in [-0.2, 0) is 14.3 Å². The van der Waals surface area contributed by atoms with E-state index in [9.17, 15) is 14.4 Å². The van der Waals surface area contributed by atoms with Crippen molar-refractivity contribution in [2.75, 3.05) is 49.6 Å². The van der Waals surface area contributed by atoms with E-state index in [2.05, 4.69) is 14.7 Å². The Hall–Kier alpha value is -3.49. The molecule has 1 aromatic heterocycles. The normalized spacial score (nSPS) is 13.7. The number of carbonyl (C=O) groups is 3. The lowest BCUT2D eigenvalue weighted by Gasteiger charge is -2.35. The Labute approximate surface area is 168 Å². The zero-order chi connectivity index (χ0) is 20.8. The van der Waals surface area contributed by atoms with Gasteiger partial charge in [0.15, 0.2) is 0 Å². The Kier molecular flexibility index (Phi) is 6.38. The van der Waals surface area contributed by atoms with Crippen molar-refractivity contribution in [1.29, 1.82) is 0 Å². The molecule has 0 aliphatic carbocycles. The molecule has 9 heteroatoms. The van der Waals surface area contributed by atoms with Crippen molar-refractivity contribution in [2.24, 2.45) is 0 Å². The molecule has 1 aliphatic rings. The smallest absolute Gasteiger partial charge is 0.337 e. The van der Waals surface area contributed by atoms with E-state index in [1.807, 2.05) is 4.90 Å². The van der Waals surface area contributed by atoms with E-state index in [0.29, 0.717) is 43.4 Å². The monoisotopic (exact) mass is 397 g/mol. The molecule has 0 spiro atoms. The van der Waals surface area contributed by atoms with Gasteiger partial charge in [0.25, 0.3) is 0 Å². The fourth-order valence-corrected chi connectivity index (χ4v) is 3.13. The van der Waals surface area contributed by atoms with Crippen LogP contribution in [0.5, 0.6) is 0 Å². The summed E-state index contributed by atoms with van der Waals surface area (Å²) in [6.45, 7) is 3.67. The van der Waals surface area contributed by atoms with Crippen LogP contribution < -0.4 is 9.80 Å². The summed E-state index contributed by atoms with van der Waals surface area (Å²) in [4.78, 5) is 50.1. The number of ether oxygens (including phenoxy) is 1. The molecule has 1 saturated heterocycles. The first-order valence-electron chi connectivity index (χ1n) is 9.26. The Balaban J connectivity index is 1.62. The Morgan fingerprint density at radius 3 is 2.21 bits per heavy atom. The molecule has 1 fully saturated rings. The average molecular weight is 397 g/mol. The van der Waals surface area contributed by atoms with Crippen LogP contribution in [0.1, 0.15) is 17.3 Å². The number of carbonyl (C=O) groups excluding carboxylic acids is 3. The van der Waals surface area contributed by atoms with Crippen molar-refractivity contribution in [1.82, 2.24) is 14.9 Å². The number of aromatic nitrogens is 2. The van der Waals surface area contributed by atoms with Crippen molar-refractivity contribution in [3.63, 3.8) is 0 Å². The van der Waals surface area contributed by atoms with Crippen molar-refractivity contribution in [3.8, 4) is 0 Å². The third-order valence-electron chi connectivity index (χ3n) is 4.74. The highest BCUT2D eigenvalue weighted by Crippen LogP contribution is 2.17. The second-order valence-electron chi connectivity index (χ2n) is 6.56. The Morgan fingerprint density at radius 1 is 1.03 bits per heavy atom. The first kappa shape index (κ1) is 20.2. The van der Waals surface area contributed by atoms with Crippen LogP contribution in [0.15, 0.2) is 42.7 Å². The van der Waals surface area contributed by atoms with E-state index in [0.717, 1.165) is 0 Å². The van der Waals surface area contributed by atoms with Crippen LogP contribution in [0.25, 0.3) is 0 Å². The van der Waals surface area contributed by atoms with Crippen molar-refractivity contribution >= 4 is 29.4 Å². The molecule has 2 heterocycles. The lowest BCUT2D eigenvalue weighted by atomic mass is 10.2. The number of piperazine rings is 1. The van der Waals surface area contributed by atoms with Gasteiger partial charge in [0.05, 0.1) is 12.7 Å². The highest BCUT2D eigenvalue weighted by Gasteiger charge is 2.25. The second-order valence-corrected chi connectivity index (χ2v) is 6.56. The van der Waals surface area contributed by atoms with Gasteiger partial charge in [0.2, 0.25) is 17.8 Å². The largest absolute Gasteiger partial charge is 0.465 e. The van der Waals surface area contributed by atoms with Crippen molar-refractivity contribution in [2.45, 2.75) is 6.92 Å². The summed E-state index contributed by atoms with van der Waals surface area (Å²) < 4.78 is 4.68. The molecule has 0 N–H and O–H groups in total. The molecule has 2 aromatic rings. The van der Waals surface area contributed by atoms with Gasteiger partial charge in [0.1, 0.15) is 6.54 Å². The summed E-state index contributed by atoms with van der Waals surface area (Å²) in [6.07, 6.45) is 3.38. The number of amides is 2. The van der Waals surface area contributed by atoms with E-state index in [4.69, 9.17) is 0 Å². The van der Waals surface area contributed by atoms with E-state index in [-0.39, 0.29) is 18.4 Å². The highest BCUT2D eigenvalue weighted by molar-refractivity contribution is 5.98. The summed E-state index contributed by atoms with van der Waals surface area (Å²) in [6, 6.07) is 8.16. The van der Waals surface area contributed by atoms with Gasteiger partial charge in [-0.15, -0.1) is 0 Å². The van der Waals surface area contributed by atoms with E-state index in [1.165, 1.54) is 18.9 Å². The van der Waals surface area contributed by atoms with Crippen LogP contribution in [0.2, 0.25) is 0 Å². The third-order valence-corrected chi connectivity index (χ3v) is 4.74. The molecule has 1 aliphatic heterocycles. The molecule has 0 unspecified atom stereocenters. The Morgan fingerprint density at radius 2 is 1.66 bits per heavy atom. The van der Waals surface area contributed by atoms with Gasteiger partial charge in [-0.2, -0.15) is 0 Å². The van der Waals surface area contributed by atoms with Gasteiger partial charge < -0.3 is 19.4 Å². The van der Waals surface area contributed by atoms with Crippen LogP contribution in [0.3, 0.4) is 0 Å². The number of methoxy groups -OCH3 is 1. The van der Waals surface area contributed by atoms with Gasteiger partial charge in [-0.25, -0.2) is 14.8 Å². The van der Waals surface area contributed by atoms with Crippen molar-refractivity contribution < 1.29 is 19.1 Å². The number of hydrogen-bond acceptors (Lipinski definition) is 7. The van der Waals surface area contributed by atoms with Gasteiger partial charge in [-0.3, -0.25) is 9.59 Å². The lowest BCUT2D eigenvalue weighted by Crippen LogP contribution is -2.52. The molecule has 0 atom stereocenters. The molecule has 9 nitrogen and oxygen atoms in total. The Bertz CT molecular complexity index is 864. The predicted molar refractivity (Wildman–Crippen MR) is 107 cm³/mol. The summed E-state index contributed by atoms with van der Waals surface area (Å²) in [5, 5.41) is 0. The third kappa shape index (κ3) is 4.87. The minimum Gasteiger partial charge on any atom is -0.465 e. The molecule has 1 aromatic carbocycles. The van der Waals surface area contributed by atoms with Crippen LogP contribution in [-0.4, -0.2) is 72.5 Å². The fourth-order valence-electron chi connectivity index (χ4n) is 3.13. The molecule has 0 radical (unpaired) electrons. The number of esters is 1. The number of nitrogens with zero attached hydrogens (tertiary/aromatic N) is 5. The van der Waals surface area contributed by atoms with E-state index < -0.39 is 5.97 Å². The van der Waals surface area contributed by atoms with E-state index in [1.54, 1.807) is 47.6 Å². The average Bonchev–Trinajstić information content (AvgIpc) is 2.77. The predicted octanol–water partition coefficient (Wildman–Crippen LogP) is 0.965. The molecule has 29 heavy (non-hydrogen) atoms. The van der Waals surface area contributed by atoms with Crippen LogP contribution in [0, 0.1) is 0 Å². The van der Waals surface area contributed by atoms with Gasteiger partial charge in [0, 0.05) is 51.2 Å². The van der Waals surface area contributed by atoms with Crippen LogP contribution in [0.4, 0.5) is 11.6 Å². The first-order chi connectivity index (χ1) is 14.0. The maximum atomic E-state index is 12.8. The lowest BCUT2D eigenvalue weighted by molar-refractivity contribution is -0.131. The topological polar surface area (TPSA) is 95.9 Å². The SMILES string of the molecule is COC(=O)c1ccc(N(CC(=O)N2CCN(c3ncccn3)CC2)C(C)=O)cc1. The zero-order valence-electron chi connectivity index (χ0n) is 16.4.